The number of rotatable bonds is 1. The zero-order chi connectivity index (χ0) is 13.3. The van der Waals surface area contributed by atoms with Crippen molar-refractivity contribution in [3.05, 3.63) is 40.9 Å². The number of nitrogens with one attached hydrogen (secondary N) is 1. The van der Waals surface area contributed by atoms with Gasteiger partial charge in [0.2, 0.25) is 0 Å². The van der Waals surface area contributed by atoms with E-state index >= 15 is 0 Å². The molecule has 0 aliphatic heterocycles. The maximum atomic E-state index is 11.2. The van der Waals surface area contributed by atoms with Crippen LogP contribution in [0.2, 0.25) is 0 Å². The Hall–Kier alpha value is -2.08. The molecular weight excluding hydrogens is 292 g/mol. The predicted molar refractivity (Wildman–Crippen MR) is 61.0 cm³/mol. The third-order valence-electron chi connectivity index (χ3n) is 2.47. The second kappa shape index (κ2) is 5.27. The Balaban J connectivity index is 0.00000180. The summed E-state index contributed by atoms with van der Waals surface area (Å²) in [5.41, 5.74) is 16.4. The summed E-state index contributed by atoms with van der Waals surface area (Å²) in [6.45, 7) is 0. The molecule has 1 aliphatic rings. The van der Waals surface area contributed by atoms with Crippen LogP contribution in [0.5, 0.6) is 0 Å². The first kappa shape index (κ1) is 15.0. The number of allylic oxidation sites excluding steroid dienone is 1. The number of hydrogen-bond acceptors (Lipinski definition) is 3. The quantitative estimate of drug-likeness (QED) is 0.342. The van der Waals surface area contributed by atoms with Gasteiger partial charge in [-0.05, 0) is 18.2 Å². The number of nitrogens with zero attached hydrogens (tertiary/aromatic N) is 3. The van der Waals surface area contributed by atoms with E-state index in [4.69, 9.17) is 15.6 Å². The highest BCUT2D eigenvalue weighted by molar-refractivity contribution is 7.86. The highest BCUT2D eigenvalue weighted by Gasteiger charge is 2.35. The predicted octanol–water partition coefficient (Wildman–Crippen LogP) is -2.34. The Morgan fingerprint density at radius 3 is 2.47 bits per heavy atom. The van der Waals surface area contributed by atoms with Gasteiger partial charge in [-0.2, -0.15) is 13.2 Å². The van der Waals surface area contributed by atoms with Gasteiger partial charge in [0.05, 0.1) is 15.9 Å². The molecular formula is C10H7ClN4O3S. The average molecular weight is 299 g/mol. The molecule has 2 rings (SSSR count). The Morgan fingerprint density at radius 2 is 1.95 bits per heavy atom. The van der Waals surface area contributed by atoms with E-state index in [-0.39, 0.29) is 39.9 Å². The highest BCUT2D eigenvalue weighted by Crippen LogP contribution is 2.24. The number of halogens is 1. The van der Waals surface area contributed by atoms with E-state index in [0.29, 0.717) is 0 Å². The van der Waals surface area contributed by atoms with Crippen LogP contribution in [-0.4, -0.2) is 34.0 Å². The van der Waals surface area contributed by atoms with Crippen molar-refractivity contribution in [3.8, 4) is 0 Å². The van der Waals surface area contributed by atoms with Gasteiger partial charge in [0.15, 0.2) is 0 Å². The van der Waals surface area contributed by atoms with Crippen LogP contribution in [0.4, 0.5) is 0 Å². The smallest absolute Gasteiger partial charge is 0.452 e. The molecule has 9 heteroatoms. The Labute approximate surface area is 114 Å². The highest BCUT2D eigenvalue weighted by atomic mass is 35.5. The third-order valence-corrected chi connectivity index (χ3v) is 3.38. The lowest BCUT2D eigenvalue weighted by Gasteiger charge is -2.07. The Bertz CT molecular complexity index is 772. The van der Waals surface area contributed by atoms with Crippen LogP contribution >= 0.6 is 0 Å². The van der Waals surface area contributed by atoms with Crippen molar-refractivity contribution in [3.63, 3.8) is 0 Å². The maximum absolute atomic E-state index is 11.2. The number of benzene rings is 1. The maximum Gasteiger partial charge on any atom is 0.452 e. The van der Waals surface area contributed by atoms with Gasteiger partial charge in [0.1, 0.15) is 4.90 Å². The van der Waals surface area contributed by atoms with E-state index in [1.807, 2.05) is 0 Å². The Kier molecular flexibility index (Phi) is 4.16. The molecule has 0 fully saturated rings. The summed E-state index contributed by atoms with van der Waals surface area (Å²) in [6.07, 6.45) is 2.72. The molecule has 0 radical (unpaired) electrons. The molecule has 0 spiro atoms. The molecule has 98 valence electrons. The molecule has 0 unspecified atom stereocenters. The molecule has 0 saturated heterocycles. The van der Waals surface area contributed by atoms with Crippen molar-refractivity contribution in [1.82, 2.24) is 0 Å². The first-order valence-electron chi connectivity index (χ1n) is 4.75. The second-order valence-corrected chi connectivity index (χ2v) is 4.86. The van der Waals surface area contributed by atoms with Gasteiger partial charge < -0.3 is 17.9 Å². The lowest BCUT2D eigenvalue weighted by molar-refractivity contribution is -0.118. The normalized spacial score (nSPS) is 13.1. The molecule has 0 bridgehead atoms. The molecule has 0 saturated carbocycles. The van der Waals surface area contributed by atoms with Crippen LogP contribution in [-0.2, 0) is 10.1 Å². The van der Waals surface area contributed by atoms with Crippen molar-refractivity contribution < 1.29 is 35.0 Å². The minimum atomic E-state index is -4.37. The summed E-state index contributed by atoms with van der Waals surface area (Å²) in [7, 11) is -4.37. The van der Waals surface area contributed by atoms with Gasteiger partial charge in [0.25, 0.3) is 10.1 Å². The summed E-state index contributed by atoms with van der Waals surface area (Å²) in [5.74, 6) is 0. The summed E-state index contributed by atoms with van der Waals surface area (Å²) in [6, 6.07) is 4.14. The third kappa shape index (κ3) is 2.53. The van der Waals surface area contributed by atoms with Crippen LogP contribution < -0.4 is 12.4 Å². The number of fused-ring (bicyclic) bond motifs is 1. The van der Waals surface area contributed by atoms with Crippen LogP contribution in [0, 0.1) is 5.53 Å². The van der Waals surface area contributed by atoms with Crippen molar-refractivity contribution in [2.24, 2.45) is 0 Å². The lowest BCUT2D eigenvalue weighted by atomic mass is 9.94. The molecule has 1 aromatic rings. The monoisotopic (exact) mass is 298 g/mol. The molecule has 7 nitrogen and oxygen atoms in total. The first-order valence-corrected chi connectivity index (χ1v) is 6.19. The molecule has 1 aliphatic carbocycles. The SMILES string of the molecule is [Cl-].[N-]=[N+]=C1C(=[N+]=N)C=Cc2c1cccc2S(=O)(=O)O. The minimum absolute atomic E-state index is 0. The summed E-state index contributed by atoms with van der Waals surface area (Å²) < 4.78 is 31.5. The van der Waals surface area contributed by atoms with E-state index in [2.05, 4.69) is 9.58 Å². The molecule has 0 aromatic heterocycles. The molecule has 0 amide bonds. The standard InChI is InChI=1S/C10H6N4O3S.ClH/c11-13-8-5-4-6-7(10(8)14-12)2-1-3-9(6)18(15,16)17;/h1-5,11H;1H. The summed E-state index contributed by atoms with van der Waals surface area (Å²) in [4.78, 5) is 5.88. The number of hydrogen-bond donors (Lipinski definition) is 2. The van der Waals surface area contributed by atoms with E-state index in [1.54, 1.807) is 0 Å². The van der Waals surface area contributed by atoms with Gasteiger partial charge in [-0.15, -0.1) is 0 Å². The molecule has 0 heterocycles. The fraction of sp³-hybridized carbons (Fsp3) is 0. The Morgan fingerprint density at radius 1 is 1.26 bits per heavy atom. The van der Waals surface area contributed by atoms with Crippen LogP contribution in [0.15, 0.2) is 29.2 Å². The summed E-state index contributed by atoms with van der Waals surface area (Å²) >= 11 is 0. The topological polar surface area (TPSA) is 129 Å². The van der Waals surface area contributed by atoms with Crippen molar-refractivity contribution in [1.29, 1.82) is 5.53 Å². The van der Waals surface area contributed by atoms with E-state index < -0.39 is 10.1 Å². The average Bonchev–Trinajstić information content (AvgIpc) is 2.35. The zero-order valence-electron chi connectivity index (χ0n) is 9.28. The molecule has 1 aromatic carbocycles. The molecule has 0 atom stereocenters. The van der Waals surface area contributed by atoms with Crippen molar-refractivity contribution in [2.45, 2.75) is 4.90 Å². The van der Waals surface area contributed by atoms with Gasteiger partial charge in [0, 0.05) is 11.6 Å². The van der Waals surface area contributed by atoms with Gasteiger partial charge in [-0.1, -0.05) is 6.07 Å². The van der Waals surface area contributed by atoms with E-state index in [1.165, 1.54) is 30.4 Å². The van der Waals surface area contributed by atoms with Gasteiger partial charge in [-0.25, -0.2) is 0 Å². The van der Waals surface area contributed by atoms with Gasteiger partial charge >= 0.3 is 11.4 Å². The summed E-state index contributed by atoms with van der Waals surface area (Å²) in [5, 5.41) is 0. The second-order valence-electron chi connectivity index (χ2n) is 3.47. The van der Waals surface area contributed by atoms with Crippen LogP contribution in [0.1, 0.15) is 11.1 Å². The van der Waals surface area contributed by atoms with Crippen LogP contribution in [0.3, 0.4) is 0 Å². The van der Waals surface area contributed by atoms with Crippen molar-refractivity contribution in [2.75, 3.05) is 0 Å². The zero-order valence-corrected chi connectivity index (χ0v) is 10.9. The van der Waals surface area contributed by atoms with Crippen LogP contribution in [0.25, 0.3) is 11.6 Å². The largest absolute Gasteiger partial charge is 1.00 e. The fourth-order valence-electron chi connectivity index (χ4n) is 1.72. The minimum Gasteiger partial charge on any atom is -1.00 e. The van der Waals surface area contributed by atoms with E-state index in [9.17, 15) is 8.42 Å². The molecule has 19 heavy (non-hydrogen) atoms. The lowest BCUT2D eigenvalue weighted by Crippen LogP contribution is -3.00. The fourth-order valence-corrected chi connectivity index (χ4v) is 2.43. The first-order chi connectivity index (χ1) is 8.49. The molecule has 2 N–H and O–H groups in total. The van der Waals surface area contributed by atoms with Crippen molar-refractivity contribution >= 4 is 27.6 Å². The van der Waals surface area contributed by atoms with E-state index in [0.717, 1.165) is 0 Å². The van der Waals surface area contributed by atoms with Gasteiger partial charge in [-0.3, -0.25) is 4.55 Å².